The molecule has 1 amide bonds. The molecule has 3 N–H and O–H groups in total. The molecule has 2 heterocycles. The Morgan fingerprint density at radius 3 is 2.51 bits per heavy atom. The molecule has 0 spiro atoms. The van der Waals surface area contributed by atoms with E-state index in [-0.39, 0.29) is 49.8 Å². The first-order valence-corrected chi connectivity index (χ1v) is 12.9. The number of nitrogens with one attached hydrogen (secondary N) is 1. The van der Waals surface area contributed by atoms with Gasteiger partial charge in [0.05, 0.1) is 13.2 Å². The van der Waals surface area contributed by atoms with Crippen molar-refractivity contribution in [1.29, 1.82) is 0 Å². The summed E-state index contributed by atoms with van der Waals surface area (Å²) in [5.74, 6) is -0.972. The van der Waals surface area contributed by atoms with E-state index in [0.717, 1.165) is 0 Å². The molecule has 190 valence electrons. The monoisotopic (exact) mass is 507 g/mol. The summed E-state index contributed by atoms with van der Waals surface area (Å²) in [6, 6.07) is 10.6. The number of hydrogen-bond acceptors (Lipinski definition) is 6. The lowest BCUT2D eigenvalue weighted by Crippen LogP contribution is -2.53. The summed E-state index contributed by atoms with van der Waals surface area (Å²) in [6.07, 6.45) is 0.443. The lowest BCUT2D eigenvalue weighted by Gasteiger charge is -2.42. The van der Waals surface area contributed by atoms with Gasteiger partial charge >= 0.3 is 0 Å². The highest BCUT2D eigenvalue weighted by Gasteiger charge is 2.43. The third kappa shape index (κ3) is 5.13. The van der Waals surface area contributed by atoms with Crippen LogP contribution in [0.25, 0.3) is 0 Å². The smallest absolute Gasteiger partial charge is 0.282 e. The lowest BCUT2D eigenvalue weighted by atomic mass is 9.73. The van der Waals surface area contributed by atoms with Gasteiger partial charge in [-0.15, -0.1) is 0 Å². The first-order valence-electron chi connectivity index (χ1n) is 11.5. The molecule has 1 unspecified atom stereocenters. The Labute approximate surface area is 204 Å². The Bertz CT molecular complexity index is 1180. The molecule has 2 aliphatic rings. The highest BCUT2D eigenvalue weighted by Crippen LogP contribution is 2.37. The summed E-state index contributed by atoms with van der Waals surface area (Å²) < 4.78 is 48.2. The molecule has 0 aromatic heterocycles. The van der Waals surface area contributed by atoms with Gasteiger partial charge < -0.3 is 20.3 Å². The first kappa shape index (κ1) is 25.4. The number of aromatic hydroxyl groups is 1. The molecule has 0 aliphatic carbocycles. The van der Waals surface area contributed by atoms with Crippen molar-refractivity contribution in [1.82, 2.24) is 13.9 Å². The molecule has 1 atom stereocenters. The van der Waals surface area contributed by atoms with E-state index in [4.69, 9.17) is 4.74 Å². The Kier molecular flexibility index (Phi) is 7.32. The summed E-state index contributed by atoms with van der Waals surface area (Å²) in [5.41, 5.74) is -0.0564. The normalized spacial score (nSPS) is 21.1. The maximum atomic E-state index is 14.1. The number of carbonyl (C=O) groups excluding carboxylic acids is 1. The van der Waals surface area contributed by atoms with E-state index in [9.17, 15) is 27.8 Å². The van der Waals surface area contributed by atoms with Crippen molar-refractivity contribution in [3.63, 3.8) is 0 Å². The fraction of sp³-hybridized carbons (Fsp3) is 0.458. The molecular formula is C24H30FN3O6S. The number of methoxy groups -OCH3 is 1. The average molecular weight is 508 g/mol. The van der Waals surface area contributed by atoms with E-state index in [1.54, 1.807) is 24.3 Å². The highest BCUT2D eigenvalue weighted by molar-refractivity contribution is 7.86. The number of aliphatic hydroxyl groups excluding tert-OH is 1. The van der Waals surface area contributed by atoms with Crippen molar-refractivity contribution in [2.75, 3.05) is 39.8 Å². The third-order valence-electron chi connectivity index (χ3n) is 6.93. The van der Waals surface area contributed by atoms with Gasteiger partial charge in [-0.2, -0.15) is 17.0 Å². The zero-order valence-corrected chi connectivity index (χ0v) is 20.3. The summed E-state index contributed by atoms with van der Waals surface area (Å²) in [4.78, 5) is 13.0. The number of ether oxygens (including phenoxy) is 1. The molecule has 2 aromatic carbocycles. The van der Waals surface area contributed by atoms with Crippen LogP contribution < -0.4 is 10.1 Å². The molecule has 0 bridgehead atoms. The second-order valence-corrected chi connectivity index (χ2v) is 11.0. The van der Waals surface area contributed by atoms with Gasteiger partial charge in [0.25, 0.3) is 16.1 Å². The number of rotatable bonds is 7. The van der Waals surface area contributed by atoms with Crippen molar-refractivity contribution in [2.24, 2.45) is 0 Å². The Balaban J connectivity index is 1.55. The van der Waals surface area contributed by atoms with Crippen LogP contribution in [-0.4, -0.2) is 79.1 Å². The first-order chi connectivity index (χ1) is 16.7. The zero-order valence-electron chi connectivity index (χ0n) is 19.5. The maximum Gasteiger partial charge on any atom is 0.282 e. The Hall–Kier alpha value is -2.73. The number of phenolic OH excluding ortho intramolecular Hbond substituents is 1. The van der Waals surface area contributed by atoms with Gasteiger partial charge in [0.2, 0.25) is 0 Å². The number of β-amino-alcohol motifs (C(OH)–C–C–N with tert-alkyl or cyclic N) is 1. The van der Waals surface area contributed by atoms with Crippen molar-refractivity contribution in [2.45, 2.75) is 30.8 Å². The minimum Gasteiger partial charge on any atom is -0.507 e. The van der Waals surface area contributed by atoms with Gasteiger partial charge in [-0.25, -0.2) is 4.39 Å². The molecule has 0 radical (unpaired) electrons. The van der Waals surface area contributed by atoms with Crippen LogP contribution in [-0.2, 0) is 15.6 Å². The van der Waals surface area contributed by atoms with Gasteiger partial charge in [-0.05, 0) is 49.1 Å². The SMILES string of the molecule is COc1cccc(O)c1C(=O)NCC1(c2cccc(F)c2)CCN(S(=O)(=O)N2CCC(O)C2)CC1. The number of nitrogens with zero attached hydrogens (tertiary/aromatic N) is 2. The van der Waals surface area contributed by atoms with Crippen LogP contribution in [0.1, 0.15) is 35.2 Å². The minimum absolute atomic E-state index is 0.00278. The van der Waals surface area contributed by atoms with Crippen LogP contribution in [0.5, 0.6) is 11.5 Å². The molecule has 0 saturated carbocycles. The Morgan fingerprint density at radius 2 is 1.89 bits per heavy atom. The lowest BCUT2D eigenvalue weighted by molar-refractivity contribution is 0.0926. The summed E-state index contributed by atoms with van der Waals surface area (Å²) >= 11 is 0. The number of carbonyl (C=O) groups is 1. The number of amides is 1. The molecule has 35 heavy (non-hydrogen) atoms. The predicted molar refractivity (Wildman–Crippen MR) is 127 cm³/mol. The topological polar surface area (TPSA) is 119 Å². The molecule has 2 saturated heterocycles. The van der Waals surface area contributed by atoms with Gasteiger partial charge in [-0.1, -0.05) is 18.2 Å². The van der Waals surface area contributed by atoms with Crippen LogP contribution in [0, 0.1) is 5.82 Å². The van der Waals surface area contributed by atoms with E-state index in [2.05, 4.69) is 5.32 Å². The molecule has 4 rings (SSSR count). The third-order valence-corrected chi connectivity index (χ3v) is 8.94. The predicted octanol–water partition coefficient (Wildman–Crippen LogP) is 1.61. The van der Waals surface area contributed by atoms with Crippen molar-refractivity contribution < 1.29 is 32.6 Å². The number of phenols is 1. The van der Waals surface area contributed by atoms with Crippen molar-refractivity contribution >= 4 is 16.1 Å². The van der Waals surface area contributed by atoms with Crippen molar-refractivity contribution in [3.8, 4) is 11.5 Å². The van der Waals surface area contributed by atoms with Crippen molar-refractivity contribution in [3.05, 3.63) is 59.4 Å². The number of aliphatic hydroxyl groups is 1. The van der Waals surface area contributed by atoms with Gasteiger partial charge in [0.15, 0.2) is 0 Å². The molecule has 2 aromatic rings. The Morgan fingerprint density at radius 1 is 1.17 bits per heavy atom. The molecule has 2 aliphatic heterocycles. The fourth-order valence-electron chi connectivity index (χ4n) is 4.87. The second-order valence-electron chi connectivity index (χ2n) is 9.04. The number of benzene rings is 2. The molecule has 9 nitrogen and oxygen atoms in total. The second kappa shape index (κ2) is 10.1. The number of hydrogen-bond donors (Lipinski definition) is 3. The zero-order chi connectivity index (χ0) is 25.2. The van der Waals surface area contributed by atoms with E-state index in [1.807, 2.05) is 0 Å². The molecule has 11 heteroatoms. The summed E-state index contributed by atoms with van der Waals surface area (Å²) in [6.45, 7) is 0.825. The van der Waals surface area contributed by atoms with Crippen LogP contribution in [0.15, 0.2) is 42.5 Å². The van der Waals surface area contributed by atoms with E-state index in [0.29, 0.717) is 24.8 Å². The van der Waals surface area contributed by atoms with Crippen LogP contribution in [0.4, 0.5) is 4.39 Å². The summed E-state index contributed by atoms with van der Waals surface area (Å²) in [5, 5.41) is 22.8. The van der Waals surface area contributed by atoms with Crippen LogP contribution in [0.3, 0.4) is 0 Å². The highest BCUT2D eigenvalue weighted by atomic mass is 32.2. The average Bonchev–Trinajstić information content (AvgIpc) is 3.29. The van der Waals surface area contributed by atoms with E-state index in [1.165, 1.54) is 33.9 Å². The van der Waals surface area contributed by atoms with Gasteiger partial charge in [0, 0.05) is 38.1 Å². The largest absolute Gasteiger partial charge is 0.507 e. The maximum absolute atomic E-state index is 14.1. The summed E-state index contributed by atoms with van der Waals surface area (Å²) in [7, 11) is -2.33. The fourth-order valence-corrected chi connectivity index (χ4v) is 6.54. The van der Waals surface area contributed by atoms with Crippen LogP contribution >= 0.6 is 0 Å². The minimum atomic E-state index is -3.73. The number of piperidine rings is 1. The van der Waals surface area contributed by atoms with Gasteiger partial charge in [-0.3, -0.25) is 4.79 Å². The molecule has 2 fully saturated rings. The number of halogens is 1. The van der Waals surface area contributed by atoms with Gasteiger partial charge in [0.1, 0.15) is 22.9 Å². The standard InChI is InChI=1S/C24H30FN3O6S/c1-34-21-7-3-6-20(30)22(21)23(31)26-16-24(17-4-2-5-18(25)14-17)9-12-27(13-10-24)35(32,33)28-11-8-19(29)15-28/h2-7,14,19,29-30H,8-13,15-16H2,1H3,(H,26,31). The van der Waals surface area contributed by atoms with E-state index >= 15 is 0 Å². The van der Waals surface area contributed by atoms with E-state index < -0.39 is 33.5 Å². The quantitative estimate of drug-likeness (QED) is 0.524. The van der Waals surface area contributed by atoms with Crippen LogP contribution in [0.2, 0.25) is 0 Å². The molecular weight excluding hydrogens is 477 g/mol.